The van der Waals surface area contributed by atoms with Crippen LogP contribution in [0, 0.1) is 0 Å². The Morgan fingerprint density at radius 2 is 0.750 bits per heavy atom. The number of para-hydroxylation sites is 2. The standard InChI is InChI=1S/C58H39NO/c1-5-15-43(16-6-1)57-52-24-14-13-23-49(52)54-38-45(32-35-53(54)58(57)44-17-7-2-8-18-44)42-30-27-40(28-31-42)25-26-41-29-34-50-51-36-33-48(39-56(51)60-55(50)37-41)59(46-19-9-3-10-20-46)47-21-11-4-12-22-47/h1-39H/b26-25+. The Kier molecular flexibility index (Phi) is 8.87. The van der Waals surface area contributed by atoms with E-state index < -0.39 is 0 Å². The third-order valence-corrected chi connectivity index (χ3v) is 11.6. The van der Waals surface area contributed by atoms with E-state index in [0.29, 0.717) is 0 Å². The van der Waals surface area contributed by atoms with Gasteiger partial charge in [-0.25, -0.2) is 0 Å². The van der Waals surface area contributed by atoms with Crippen molar-refractivity contribution in [1.29, 1.82) is 0 Å². The summed E-state index contributed by atoms with van der Waals surface area (Å²) >= 11 is 0. The molecule has 1 heterocycles. The first kappa shape index (κ1) is 35.2. The number of nitrogens with zero attached hydrogens (tertiary/aromatic N) is 1. The molecule has 0 saturated carbocycles. The van der Waals surface area contributed by atoms with Crippen molar-refractivity contribution in [1.82, 2.24) is 0 Å². The molecule has 0 saturated heterocycles. The largest absolute Gasteiger partial charge is 0.456 e. The minimum Gasteiger partial charge on any atom is -0.456 e. The van der Waals surface area contributed by atoms with E-state index in [1.54, 1.807) is 0 Å². The van der Waals surface area contributed by atoms with Gasteiger partial charge in [-0.15, -0.1) is 0 Å². The zero-order valence-electron chi connectivity index (χ0n) is 32.9. The zero-order valence-corrected chi connectivity index (χ0v) is 32.9. The van der Waals surface area contributed by atoms with Crippen molar-refractivity contribution >= 4 is 72.7 Å². The van der Waals surface area contributed by atoms with E-state index in [1.165, 1.54) is 54.9 Å². The fourth-order valence-corrected chi connectivity index (χ4v) is 8.78. The number of benzene rings is 10. The topological polar surface area (TPSA) is 16.4 Å². The molecule has 0 spiro atoms. The molecule has 0 radical (unpaired) electrons. The maximum absolute atomic E-state index is 6.53. The first-order valence-electron chi connectivity index (χ1n) is 20.5. The maximum Gasteiger partial charge on any atom is 0.137 e. The van der Waals surface area contributed by atoms with Gasteiger partial charge in [0.1, 0.15) is 11.2 Å². The summed E-state index contributed by atoms with van der Waals surface area (Å²) in [5.74, 6) is 0. The molecule has 2 nitrogen and oxygen atoms in total. The minimum atomic E-state index is 0.866. The van der Waals surface area contributed by atoms with Gasteiger partial charge in [0.2, 0.25) is 0 Å². The molecule has 0 N–H and O–H groups in total. The molecular formula is C58H39NO. The maximum atomic E-state index is 6.53. The Balaban J connectivity index is 0.904. The van der Waals surface area contributed by atoms with Crippen LogP contribution in [0.1, 0.15) is 11.1 Å². The molecular weight excluding hydrogens is 727 g/mol. The van der Waals surface area contributed by atoms with Crippen LogP contribution in [0.5, 0.6) is 0 Å². The van der Waals surface area contributed by atoms with Gasteiger partial charge in [0, 0.05) is 33.9 Å². The highest BCUT2D eigenvalue weighted by Crippen LogP contribution is 2.45. The lowest BCUT2D eigenvalue weighted by Crippen LogP contribution is -2.09. The van der Waals surface area contributed by atoms with E-state index in [0.717, 1.165) is 50.1 Å². The van der Waals surface area contributed by atoms with Crippen molar-refractivity contribution in [3.05, 3.63) is 236 Å². The van der Waals surface area contributed by atoms with E-state index in [9.17, 15) is 0 Å². The normalized spacial score (nSPS) is 11.6. The Labute approximate surface area is 349 Å². The van der Waals surface area contributed by atoms with Gasteiger partial charge in [-0.3, -0.25) is 0 Å². The predicted molar refractivity (Wildman–Crippen MR) is 255 cm³/mol. The van der Waals surface area contributed by atoms with Crippen molar-refractivity contribution in [2.75, 3.05) is 4.90 Å². The lowest BCUT2D eigenvalue weighted by atomic mass is 9.84. The lowest BCUT2D eigenvalue weighted by molar-refractivity contribution is 0.669. The lowest BCUT2D eigenvalue weighted by Gasteiger charge is -2.25. The second kappa shape index (κ2) is 15.1. The van der Waals surface area contributed by atoms with Crippen molar-refractivity contribution in [2.24, 2.45) is 0 Å². The summed E-state index contributed by atoms with van der Waals surface area (Å²) in [6.07, 6.45) is 4.34. The summed E-state index contributed by atoms with van der Waals surface area (Å²) in [5, 5.41) is 7.25. The second-order valence-electron chi connectivity index (χ2n) is 15.3. The van der Waals surface area contributed by atoms with Crippen molar-refractivity contribution in [3.63, 3.8) is 0 Å². The first-order valence-corrected chi connectivity index (χ1v) is 20.5. The second-order valence-corrected chi connectivity index (χ2v) is 15.3. The van der Waals surface area contributed by atoms with E-state index in [2.05, 4.69) is 229 Å². The highest BCUT2D eigenvalue weighted by atomic mass is 16.3. The third-order valence-electron chi connectivity index (χ3n) is 11.6. The Morgan fingerprint density at radius 3 is 1.38 bits per heavy atom. The van der Waals surface area contributed by atoms with Crippen LogP contribution < -0.4 is 4.90 Å². The van der Waals surface area contributed by atoms with Crippen LogP contribution in [-0.4, -0.2) is 0 Å². The smallest absolute Gasteiger partial charge is 0.137 e. The molecule has 0 fully saturated rings. The molecule has 11 aromatic rings. The summed E-state index contributed by atoms with van der Waals surface area (Å²) in [4.78, 5) is 2.26. The van der Waals surface area contributed by atoms with Gasteiger partial charge in [0.25, 0.3) is 0 Å². The quantitative estimate of drug-likeness (QED) is 0.113. The number of fused-ring (bicyclic) bond motifs is 6. The predicted octanol–water partition coefficient (Wildman–Crippen LogP) is 16.5. The fourth-order valence-electron chi connectivity index (χ4n) is 8.78. The highest BCUT2D eigenvalue weighted by molar-refractivity contribution is 6.22. The molecule has 11 rings (SSSR count). The molecule has 60 heavy (non-hydrogen) atoms. The number of hydrogen-bond acceptors (Lipinski definition) is 2. The fraction of sp³-hybridized carbons (Fsp3) is 0. The number of hydrogen-bond donors (Lipinski definition) is 0. The van der Waals surface area contributed by atoms with Gasteiger partial charge < -0.3 is 9.32 Å². The number of anilines is 3. The number of rotatable bonds is 8. The Bertz CT molecular complexity index is 3290. The van der Waals surface area contributed by atoms with Crippen molar-refractivity contribution < 1.29 is 4.42 Å². The minimum absolute atomic E-state index is 0.866. The molecule has 0 atom stereocenters. The molecule has 0 aliphatic heterocycles. The van der Waals surface area contributed by atoms with Crippen LogP contribution in [-0.2, 0) is 0 Å². The zero-order chi connectivity index (χ0) is 39.8. The van der Waals surface area contributed by atoms with Crippen LogP contribution in [0.2, 0.25) is 0 Å². The van der Waals surface area contributed by atoms with E-state index in [-0.39, 0.29) is 0 Å². The van der Waals surface area contributed by atoms with Crippen LogP contribution in [0.4, 0.5) is 17.1 Å². The van der Waals surface area contributed by atoms with Crippen LogP contribution in [0.15, 0.2) is 229 Å². The summed E-state index contributed by atoms with van der Waals surface area (Å²) in [6, 6.07) is 80.2. The van der Waals surface area contributed by atoms with Crippen molar-refractivity contribution in [3.8, 4) is 33.4 Å². The molecule has 2 heteroatoms. The van der Waals surface area contributed by atoms with Gasteiger partial charge in [-0.2, -0.15) is 0 Å². The summed E-state index contributed by atoms with van der Waals surface area (Å²) in [5.41, 5.74) is 14.6. The molecule has 282 valence electrons. The van der Waals surface area contributed by atoms with Crippen LogP contribution in [0.25, 0.3) is 89.0 Å². The summed E-state index contributed by atoms with van der Waals surface area (Å²) in [6.45, 7) is 0. The first-order chi connectivity index (χ1) is 29.7. The number of furan rings is 1. The van der Waals surface area contributed by atoms with E-state index in [4.69, 9.17) is 4.42 Å². The van der Waals surface area contributed by atoms with Gasteiger partial charge in [-0.1, -0.05) is 176 Å². The van der Waals surface area contributed by atoms with Crippen molar-refractivity contribution in [2.45, 2.75) is 0 Å². The van der Waals surface area contributed by atoms with E-state index in [1.807, 2.05) is 12.1 Å². The average molecular weight is 766 g/mol. The van der Waals surface area contributed by atoms with Crippen LogP contribution in [0.3, 0.4) is 0 Å². The highest BCUT2D eigenvalue weighted by Gasteiger charge is 2.19. The van der Waals surface area contributed by atoms with Crippen LogP contribution >= 0.6 is 0 Å². The monoisotopic (exact) mass is 765 g/mol. The molecule has 10 aromatic carbocycles. The molecule has 0 unspecified atom stereocenters. The van der Waals surface area contributed by atoms with Gasteiger partial charge in [0.15, 0.2) is 0 Å². The molecule has 1 aromatic heterocycles. The Hall–Kier alpha value is -7.94. The van der Waals surface area contributed by atoms with E-state index >= 15 is 0 Å². The third kappa shape index (κ3) is 6.41. The molecule has 0 amide bonds. The van der Waals surface area contributed by atoms with Gasteiger partial charge >= 0.3 is 0 Å². The summed E-state index contributed by atoms with van der Waals surface area (Å²) < 4.78 is 6.53. The molecule has 0 aliphatic rings. The Morgan fingerprint density at radius 1 is 0.283 bits per heavy atom. The molecule has 0 aliphatic carbocycles. The van der Waals surface area contributed by atoms with Gasteiger partial charge in [-0.05, 0) is 121 Å². The molecule has 0 bridgehead atoms. The summed E-state index contributed by atoms with van der Waals surface area (Å²) in [7, 11) is 0. The average Bonchev–Trinajstić information content (AvgIpc) is 3.69. The van der Waals surface area contributed by atoms with Gasteiger partial charge in [0.05, 0.1) is 0 Å². The SMILES string of the molecule is C(=C\c1ccc2c(c1)oc1cc(N(c3ccccc3)c3ccccc3)ccc12)/c1ccc(-c2ccc3c(-c4ccccc4)c(-c4ccccc4)c4ccccc4c3c2)cc1.